The summed E-state index contributed by atoms with van der Waals surface area (Å²) in [5.41, 5.74) is 0.433. The van der Waals surface area contributed by atoms with Crippen LogP contribution in [0.15, 0.2) is 24.5 Å². The quantitative estimate of drug-likeness (QED) is 0.759. The average Bonchev–Trinajstić information content (AvgIpc) is 2.38. The molecule has 0 amide bonds. The number of nitrogens with zero attached hydrogens (tertiary/aromatic N) is 2. The van der Waals surface area contributed by atoms with E-state index in [1.54, 1.807) is 12.4 Å². The van der Waals surface area contributed by atoms with Crippen molar-refractivity contribution in [2.75, 3.05) is 18.0 Å². The molecule has 0 spiro atoms. The first-order chi connectivity index (χ1) is 6.92. The van der Waals surface area contributed by atoms with E-state index in [2.05, 4.69) is 23.7 Å². The minimum absolute atomic E-state index is 0.0731. The van der Waals surface area contributed by atoms with Crippen LogP contribution >= 0.6 is 0 Å². The van der Waals surface area contributed by atoms with Gasteiger partial charge in [0, 0.05) is 36.6 Å². The van der Waals surface area contributed by atoms with Gasteiger partial charge in [-0.15, -0.1) is 0 Å². The molecule has 1 aliphatic rings. The summed E-state index contributed by atoms with van der Waals surface area (Å²) in [6, 6.07) is 3.97. The number of hydrogen-bond donors (Lipinski definition) is 1. The van der Waals surface area contributed by atoms with Gasteiger partial charge in [0.05, 0.1) is 5.60 Å². The molecule has 0 aromatic carbocycles. The average molecular weight is 206 g/mol. The molecule has 1 aromatic heterocycles. The highest BCUT2D eigenvalue weighted by Crippen LogP contribution is 2.40. The van der Waals surface area contributed by atoms with Gasteiger partial charge in [-0.3, -0.25) is 4.98 Å². The number of aliphatic hydroxyl groups is 1. The van der Waals surface area contributed by atoms with Crippen LogP contribution in [0.2, 0.25) is 0 Å². The van der Waals surface area contributed by atoms with Crippen molar-refractivity contribution >= 4 is 5.69 Å². The van der Waals surface area contributed by atoms with E-state index in [0.717, 1.165) is 12.2 Å². The highest BCUT2D eigenvalue weighted by atomic mass is 16.3. The zero-order valence-corrected chi connectivity index (χ0v) is 9.57. The summed E-state index contributed by atoms with van der Waals surface area (Å²) >= 11 is 0. The third-order valence-electron chi connectivity index (χ3n) is 3.57. The zero-order valence-electron chi connectivity index (χ0n) is 9.57. The Morgan fingerprint density at radius 2 is 1.80 bits per heavy atom. The molecule has 1 saturated heterocycles. The van der Waals surface area contributed by atoms with Crippen LogP contribution in [0.3, 0.4) is 0 Å². The second kappa shape index (κ2) is 3.20. The molecule has 2 heterocycles. The lowest BCUT2D eigenvalue weighted by Crippen LogP contribution is -2.40. The molecule has 0 aliphatic carbocycles. The first kappa shape index (κ1) is 10.4. The highest BCUT2D eigenvalue weighted by Gasteiger charge is 2.47. The largest absolute Gasteiger partial charge is 0.388 e. The van der Waals surface area contributed by atoms with Gasteiger partial charge in [0.2, 0.25) is 0 Å². The van der Waals surface area contributed by atoms with E-state index in [1.807, 2.05) is 19.1 Å². The van der Waals surface area contributed by atoms with Gasteiger partial charge in [-0.1, -0.05) is 13.8 Å². The summed E-state index contributed by atoms with van der Waals surface area (Å²) in [5, 5.41) is 10.3. The summed E-state index contributed by atoms with van der Waals surface area (Å²) in [6.07, 6.45) is 3.57. The Bertz CT molecular complexity index is 330. The van der Waals surface area contributed by atoms with Crippen LogP contribution in [0.25, 0.3) is 0 Å². The Hall–Kier alpha value is -1.09. The van der Waals surface area contributed by atoms with E-state index < -0.39 is 5.60 Å². The predicted octanol–water partition coefficient (Wildman–Crippen LogP) is 1.68. The number of anilines is 1. The molecule has 82 valence electrons. The molecule has 3 heteroatoms. The topological polar surface area (TPSA) is 36.4 Å². The fraction of sp³-hybridized carbons (Fsp3) is 0.583. The molecular formula is C12H18N2O. The minimum Gasteiger partial charge on any atom is -0.388 e. The van der Waals surface area contributed by atoms with E-state index in [4.69, 9.17) is 0 Å². The van der Waals surface area contributed by atoms with Gasteiger partial charge >= 0.3 is 0 Å². The lowest BCUT2D eigenvalue weighted by Gasteiger charge is -2.30. The summed E-state index contributed by atoms with van der Waals surface area (Å²) in [5.74, 6) is 0. The van der Waals surface area contributed by atoms with E-state index in [1.165, 1.54) is 0 Å². The zero-order chi connectivity index (χ0) is 11.1. The first-order valence-electron chi connectivity index (χ1n) is 5.30. The first-order valence-corrected chi connectivity index (χ1v) is 5.30. The Labute approximate surface area is 90.8 Å². The highest BCUT2D eigenvalue weighted by molar-refractivity contribution is 5.47. The normalized spacial score (nSPS) is 29.5. The minimum atomic E-state index is -0.629. The van der Waals surface area contributed by atoms with Crippen molar-refractivity contribution in [3.8, 4) is 0 Å². The fourth-order valence-corrected chi connectivity index (χ4v) is 2.03. The smallest absolute Gasteiger partial charge is 0.0861 e. The maximum atomic E-state index is 10.3. The lowest BCUT2D eigenvalue weighted by molar-refractivity contribution is -0.00890. The molecule has 15 heavy (non-hydrogen) atoms. The van der Waals surface area contributed by atoms with Gasteiger partial charge in [0.1, 0.15) is 0 Å². The van der Waals surface area contributed by atoms with Gasteiger partial charge in [0.25, 0.3) is 0 Å². The standard InChI is InChI=1S/C12H18N2O/c1-11(2)8-14(9-12(11,3)15)10-4-6-13-7-5-10/h4-7,15H,8-9H2,1-3H3/t12-/m1/s1. The predicted molar refractivity (Wildman–Crippen MR) is 60.9 cm³/mol. The Morgan fingerprint density at radius 3 is 2.27 bits per heavy atom. The number of rotatable bonds is 1. The number of aromatic nitrogens is 1. The molecular weight excluding hydrogens is 188 g/mol. The molecule has 1 aromatic rings. The summed E-state index contributed by atoms with van der Waals surface area (Å²) in [4.78, 5) is 6.21. The second-order valence-electron chi connectivity index (χ2n) is 5.22. The third-order valence-corrected chi connectivity index (χ3v) is 3.57. The summed E-state index contributed by atoms with van der Waals surface area (Å²) in [6.45, 7) is 7.69. The van der Waals surface area contributed by atoms with Crippen LogP contribution in [-0.2, 0) is 0 Å². The van der Waals surface area contributed by atoms with Crippen LogP contribution in [0, 0.1) is 5.41 Å². The van der Waals surface area contributed by atoms with Crippen molar-refractivity contribution in [3.05, 3.63) is 24.5 Å². The molecule has 3 nitrogen and oxygen atoms in total. The maximum Gasteiger partial charge on any atom is 0.0861 e. The van der Waals surface area contributed by atoms with Gasteiger partial charge in [0.15, 0.2) is 0 Å². The second-order valence-corrected chi connectivity index (χ2v) is 5.22. The van der Waals surface area contributed by atoms with Crippen molar-refractivity contribution in [2.24, 2.45) is 5.41 Å². The van der Waals surface area contributed by atoms with Gasteiger partial charge in [-0.25, -0.2) is 0 Å². The molecule has 1 atom stereocenters. The fourth-order valence-electron chi connectivity index (χ4n) is 2.03. The van der Waals surface area contributed by atoms with Crippen LogP contribution in [-0.4, -0.2) is 28.8 Å². The Balaban J connectivity index is 2.24. The molecule has 0 saturated carbocycles. The number of hydrogen-bond acceptors (Lipinski definition) is 3. The van der Waals surface area contributed by atoms with E-state index in [-0.39, 0.29) is 5.41 Å². The van der Waals surface area contributed by atoms with Crippen LogP contribution in [0.1, 0.15) is 20.8 Å². The number of β-amino-alcohol motifs (C(OH)–C–C–N with tert-alkyl or cyclic N) is 1. The summed E-state index contributed by atoms with van der Waals surface area (Å²) in [7, 11) is 0. The number of pyridine rings is 1. The Morgan fingerprint density at radius 1 is 1.20 bits per heavy atom. The SMILES string of the molecule is CC1(C)CN(c2ccncc2)C[C@@]1(C)O. The Kier molecular flexibility index (Phi) is 2.23. The van der Waals surface area contributed by atoms with E-state index in [0.29, 0.717) is 6.54 Å². The van der Waals surface area contributed by atoms with Crippen LogP contribution < -0.4 is 4.90 Å². The van der Waals surface area contributed by atoms with E-state index in [9.17, 15) is 5.11 Å². The van der Waals surface area contributed by atoms with Gasteiger partial charge in [-0.05, 0) is 19.1 Å². The summed E-state index contributed by atoms with van der Waals surface area (Å²) < 4.78 is 0. The third kappa shape index (κ3) is 1.72. The molecule has 0 bridgehead atoms. The van der Waals surface area contributed by atoms with Crippen molar-refractivity contribution in [1.29, 1.82) is 0 Å². The molecule has 1 fully saturated rings. The molecule has 0 unspecified atom stereocenters. The van der Waals surface area contributed by atoms with Crippen molar-refractivity contribution in [3.63, 3.8) is 0 Å². The van der Waals surface area contributed by atoms with Gasteiger partial charge < -0.3 is 10.0 Å². The van der Waals surface area contributed by atoms with Crippen LogP contribution in [0.4, 0.5) is 5.69 Å². The van der Waals surface area contributed by atoms with E-state index >= 15 is 0 Å². The molecule has 2 rings (SSSR count). The van der Waals surface area contributed by atoms with Gasteiger partial charge in [-0.2, -0.15) is 0 Å². The van der Waals surface area contributed by atoms with Crippen LogP contribution in [0.5, 0.6) is 0 Å². The monoisotopic (exact) mass is 206 g/mol. The lowest BCUT2D eigenvalue weighted by atomic mass is 9.79. The molecule has 0 radical (unpaired) electrons. The maximum absolute atomic E-state index is 10.3. The van der Waals surface area contributed by atoms with Crippen molar-refractivity contribution < 1.29 is 5.11 Å². The van der Waals surface area contributed by atoms with Crippen molar-refractivity contribution in [1.82, 2.24) is 4.98 Å². The molecule has 1 N–H and O–H groups in total. The molecule has 1 aliphatic heterocycles. The van der Waals surface area contributed by atoms with Crippen molar-refractivity contribution in [2.45, 2.75) is 26.4 Å².